The highest BCUT2D eigenvalue weighted by Crippen LogP contribution is 2.13. The van der Waals surface area contributed by atoms with E-state index in [1.54, 1.807) is 7.05 Å². The van der Waals surface area contributed by atoms with E-state index in [1.807, 2.05) is 0 Å². The Labute approximate surface area is 82.1 Å². The number of rotatable bonds is 2. The summed E-state index contributed by atoms with van der Waals surface area (Å²) in [6, 6.07) is 0. The fourth-order valence-corrected chi connectivity index (χ4v) is 1.85. The zero-order valence-electron chi connectivity index (χ0n) is 8.32. The zero-order valence-corrected chi connectivity index (χ0v) is 8.32. The van der Waals surface area contributed by atoms with Crippen LogP contribution in [0.25, 0.3) is 0 Å². The summed E-state index contributed by atoms with van der Waals surface area (Å²) in [6.45, 7) is 2.12. The molecule has 1 atom stereocenters. The van der Waals surface area contributed by atoms with Gasteiger partial charge in [0.15, 0.2) is 5.82 Å². The Bertz CT molecular complexity index is 349. The molecule has 1 N–H and O–H groups in total. The molecule has 5 nitrogen and oxygen atoms in total. The van der Waals surface area contributed by atoms with Gasteiger partial charge in [0.2, 0.25) is 0 Å². The first-order valence-corrected chi connectivity index (χ1v) is 4.99. The van der Waals surface area contributed by atoms with Crippen molar-refractivity contribution in [2.45, 2.75) is 19.3 Å². The molecule has 1 saturated heterocycles. The Balaban J connectivity index is 2.02. The number of nitrogens with zero attached hydrogens (tertiary/aromatic N) is 2. The minimum absolute atomic E-state index is 0.372. The normalized spacial score (nSPS) is 22.5. The second-order valence-corrected chi connectivity index (χ2v) is 3.84. The first-order chi connectivity index (χ1) is 6.77. The summed E-state index contributed by atoms with van der Waals surface area (Å²) in [7, 11) is 1.70. The molecule has 0 aliphatic carbocycles. The average molecular weight is 197 g/mol. The first-order valence-electron chi connectivity index (χ1n) is 4.99. The lowest BCUT2D eigenvalue weighted by Crippen LogP contribution is -2.31. The molecular weight excluding hydrogens is 182 g/mol. The predicted molar refractivity (Wildman–Crippen MR) is 51.0 cm³/mol. The van der Waals surface area contributed by atoms with Gasteiger partial charge in [0, 0.05) is 13.5 Å². The molecule has 1 fully saturated rings. The van der Waals surface area contributed by atoms with Crippen LogP contribution in [0, 0.1) is 5.92 Å². The monoisotopic (exact) mass is 197 g/mol. The van der Waals surface area contributed by atoms with Crippen LogP contribution in [0.15, 0.2) is 9.32 Å². The van der Waals surface area contributed by atoms with Crippen LogP contribution in [0.5, 0.6) is 0 Å². The lowest BCUT2D eigenvalue weighted by molar-refractivity contribution is 0.352. The molecule has 5 heteroatoms. The summed E-state index contributed by atoms with van der Waals surface area (Å²) in [6.07, 6.45) is 3.24. The van der Waals surface area contributed by atoms with Crippen molar-refractivity contribution in [3.8, 4) is 0 Å². The number of hydrogen-bond acceptors (Lipinski definition) is 4. The zero-order chi connectivity index (χ0) is 9.97. The maximum absolute atomic E-state index is 11.0. The molecule has 0 saturated carbocycles. The molecule has 2 rings (SSSR count). The van der Waals surface area contributed by atoms with Gasteiger partial charge in [0.05, 0.1) is 0 Å². The lowest BCUT2D eigenvalue weighted by atomic mass is 9.96. The van der Waals surface area contributed by atoms with Gasteiger partial charge in [-0.2, -0.15) is 0 Å². The van der Waals surface area contributed by atoms with Gasteiger partial charge in [-0.3, -0.25) is 9.09 Å². The quantitative estimate of drug-likeness (QED) is 0.720. The highest BCUT2D eigenvalue weighted by atomic mass is 16.5. The van der Waals surface area contributed by atoms with Crippen molar-refractivity contribution < 1.29 is 4.52 Å². The van der Waals surface area contributed by atoms with Crippen LogP contribution >= 0.6 is 0 Å². The highest BCUT2D eigenvalue weighted by molar-refractivity contribution is 4.87. The van der Waals surface area contributed by atoms with Gasteiger partial charge in [-0.25, -0.2) is 4.79 Å². The van der Waals surface area contributed by atoms with Crippen LogP contribution in [-0.2, 0) is 13.5 Å². The highest BCUT2D eigenvalue weighted by Gasteiger charge is 2.17. The van der Waals surface area contributed by atoms with Crippen LogP contribution in [0.3, 0.4) is 0 Å². The summed E-state index contributed by atoms with van der Waals surface area (Å²) in [4.78, 5) is 11.0. The van der Waals surface area contributed by atoms with E-state index in [0.717, 1.165) is 25.3 Å². The van der Waals surface area contributed by atoms with E-state index in [0.29, 0.717) is 5.92 Å². The van der Waals surface area contributed by atoms with Crippen molar-refractivity contribution in [3.05, 3.63) is 16.4 Å². The third kappa shape index (κ3) is 1.87. The van der Waals surface area contributed by atoms with Crippen molar-refractivity contribution in [2.24, 2.45) is 13.0 Å². The molecule has 78 valence electrons. The van der Waals surface area contributed by atoms with Crippen molar-refractivity contribution in [2.75, 3.05) is 13.1 Å². The van der Waals surface area contributed by atoms with Crippen LogP contribution < -0.4 is 11.1 Å². The first kappa shape index (κ1) is 9.45. The van der Waals surface area contributed by atoms with E-state index in [4.69, 9.17) is 0 Å². The summed E-state index contributed by atoms with van der Waals surface area (Å²) >= 11 is 0. The van der Waals surface area contributed by atoms with E-state index >= 15 is 0 Å². The van der Waals surface area contributed by atoms with E-state index < -0.39 is 0 Å². The van der Waals surface area contributed by atoms with Crippen molar-refractivity contribution in [1.29, 1.82) is 0 Å². The Morgan fingerprint density at radius 1 is 1.71 bits per heavy atom. The number of nitrogens with one attached hydrogen (secondary N) is 1. The maximum atomic E-state index is 11.0. The molecule has 1 aromatic rings. The molecule has 1 aliphatic heterocycles. The van der Waals surface area contributed by atoms with Crippen molar-refractivity contribution in [1.82, 2.24) is 15.0 Å². The van der Waals surface area contributed by atoms with Crippen molar-refractivity contribution >= 4 is 0 Å². The van der Waals surface area contributed by atoms with E-state index in [9.17, 15) is 4.79 Å². The van der Waals surface area contributed by atoms with E-state index in [2.05, 4.69) is 15.0 Å². The molecule has 2 heterocycles. The van der Waals surface area contributed by atoms with Gasteiger partial charge in [0.1, 0.15) is 0 Å². The SMILES string of the molecule is Cn1c(CC2CCCNC2)noc1=O. The number of aromatic nitrogens is 2. The van der Waals surface area contributed by atoms with Crippen LogP contribution in [-0.4, -0.2) is 22.8 Å². The standard InChI is InChI=1S/C9H15N3O2/c1-12-8(11-14-9(12)13)5-7-3-2-4-10-6-7/h7,10H,2-6H2,1H3. The topological polar surface area (TPSA) is 60.1 Å². The molecule has 14 heavy (non-hydrogen) atoms. The summed E-state index contributed by atoms with van der Waals surface area (Å²) in [5.41, 5.74) is 0. The van der Waals surface area contributed by atoms with Crippen molar-refractivity contribution in [3.63, 3.8) is 0 Å². The fourth-order valence-electron chi connectivity index (χ4n) is 1.85. The van der Waals surface area contributed by atoms with Gasteiger partial charge in [0.25, 0.3) is 0 Å². The van der Waals surface area contributed by atoms with Gasteiger partial charge in [-0.15, -0.1) is 0 Å². The molecule has 1 unspecified atom stereocenters. The molecule has 1 aliphatic rings. The Kier molecular flexibility index (Phi) is 2.67. The molecule has 1 aromatic heterocycles. The third-order valence-corrected chi connectivity index (χ3v) is 2.76. The van der Waals surface area contributed by atoms with Gasteiger partial charge in [-0.05, 0) is 31.8 Å². The number of piperidine rings is 1. The van der Waals surface area contributed by atoms with Gasteiger partial charge in [-0.1, -0.05) is 5.16 Å². The van der Waals surface area contributed by atoms with Gasteiger partial charge >= 0.3 is 5.76 Å². The third-order valence-electron chi connectivity index (χ3n) is 2.76. The molecule has 0 bridgehead atoms. The largest absolute Gasteiger partial charge is 0.441 e. The minimum atomic E-state index is -0.372. The van der Waals surface area contributed by atoms with E-state index in [1.165, 1.54) is 17.4 Å². The summed E-state index contributed by atoms with van der Waals surface area (Å²) in [5, 5.41) is 7.09. The summed E-state index contributed by atoms with van der Waals surface area (Å²) < 4.78 is 6.05. The Morgan fingerprint density at radius 2 is 2.57 bits per heavy atom. The van der Waals surface area contributed by atoms with Crippen LogP contribution in [0.2, 0.25) is 0 Å². The molecule has 0 amide bonds. The molecule has 0 aromatic carbocycles. The maximum Gasteiger partial charge on any atom is 0.441 e. The lowest BCUT2D eigenvalue weighted by Gasteiger charge is -2.21. The smallest absolute Gasteiger partial charge is 0.316 e. The Hall–Kier alpha value is -1.10. The Morgan fingerprint density at radius 3 is 3.14 bits per heavy atom. The molecule has 0 spiro atoms. The number of hydrogen-bond donors (Lipinski definition) is 1. The summed E-state index contributed by atoms with van der Waals surface area (Å²) in [5.74, 6) is 0.965. The van der Waals surface area contributed by atoms with Gasteiger partial charge < -0.3 is 5.32 Å². The average Bonchev–Trinajstić information content (AvgIpc) is 2.52. The van der Waals surface area contributed by atoms with Crippen LogP contribution in [0.4, 0.5) is 0 Å². The second-order valence-electron chi connectivity index (χ2n) is 3.84. The molecular formula is C9H15N3O2. The predicted octanol–water partition coefficient (Wildman–Crippen LogP) is -0.0846. The second kappa shape index (κ2) is 3.96. The molecule has 0 radical (unpaired) electrons. The van der Waals surface area contributed by atoms with E-state index in [-0.39, 0.29) is 5.76 Å². The minimum Gasteiger partial charge on any atom is -0.316 e. The van der Waals surface area contributed by atoms with Crippen LogP contribution in [0.1, 0.15) is 18.7 Å². The fraction of sp³-hybridized carbons (Fsp3) is 0.778.